The van der Waals surface area contributed by atoms with Crippen LogP contribution >= 0.6 is 0 Å². The molecule has 15 heavy (non-hydrogen) atoms. The number of aliphatic imine (C=N–C) groups is 1. The summed E-state index contributed by atoms with van der Waals surface area (Å²) in [7, 11) is 0. The molecule has 0 aliphatic heterocycles. The van der Waals surface area contributed by atoms with Crippen molar-refractivity contribution in [3.8, 4) is 0 Å². The lowest BCUT2D eigenvalue weighted by Crippen LogP contribution is -2.41. The zero-order valence-corrected chi connectivity index (χ0v) is 8.77. The first-order valence-electron chi connectivity index (χ1n) is 4.86. The molecule has 0 aliphatic rings. The van der Waals surface area contributed by atoms with Gasteiger partial charge in [-0.05, 0) is 12.5 Å². The van der Waals surface area contributed by atoms with Crippen molar-refractivity contribution in [3.63, 3.8) is 0 Å². The Bertz CT molecular complexity index is 297. The van der Waals surface area contributed by atoms with E-state index in [2.05, 4.69) is 32.6 Å². The summed E-state index contributed by atoms with van der Waals surface area (Å²) in [4.78, 5) is 12.1. The van der Waals surface area contributed by atoms with Crippen LogP contribution in [0, 0.1) is 0 Å². The summed E-state index contributed by atoms with van der Waals surface area (Å²) in [6.07, 6.45) is 4.21. The zero-order valence-electron chi connectivity index (χ0n) is 8.77. The molecule has 4 N–H and O–H groups in total. The van der Waals surface area contributed by atoms with E-state index in [9.17, 15) is 0 Å². The fraction of sp³-hybridized carbons (Fsp3) is 0.444. The average Bonchev–Trinajstić information content (AvgIpc) is 2.31. The highest BCUT2D eigenvalue weighted by Gasteiger charge is 1.95. The van der Waals surface area contributed by atoms with Crippen LogP contribution < -0.4 is 16.6 Å². The van der Waals surface area contributed by atoms with Gasteiger partial charge in [-0.3, -0.25) is 5.43 Å². The van der Waals surface area contributed by atoms with Crippen LogP contribution in [0.4, 0.5) is 0 Å². The number of nitrogens with one attached hydrogen (secondary N) is 2. The molecule has 0 bridgehead atoms. The molecule has 0 aliphatic carbocycles. The number of nitrogens with zero attached hydrogens (tertiary/aromatic N) is 3. The second-order valence-electron chi connectivity index (χ2n) is 2.94. The normalized spacial score (nSPS) is 11.2. The van der Waals surface area contributed by atoms with Crippen LogP contribution in [0.15, 0.2) is 23.6 Å². The van der Waals surface area contributed by atoms with Crippen LogP contribution in [0.5, 0.6) is 0 Å². The van der Waals surface area contributed by atoms with Crippen LogP contribution in [-0.4, -0.2) is 22.5 Å². The highest BCUT2D eigenvalue weighted by molar-refractivity contribution is 5.79. The van der Waals surface area contributed by atoms with Crippen molar-refractivity contribution in [1.29, 1.82) is 0 Å². The van der Waals surface area contributed by atoms with Crippen LogP contribution in [-0.2, 0) is 6.54 Å². The summed E-state index contributed by atoms with van der Waals surface area (Å²) in [5.41, 5.74) is 3.36. The molecular formula is C9H16N6. The van der Waals surface area contributed by atoms with Crippen LogP contribution in [0.3, 0.4) is 0 Å². The Morgan fingerprint density at radius 3 is 3.07 bits per heavy atom. The molecule has 0 aromatic carbocycles. The second kappa shape index (κ2) is 6.72. The Balaban J connectivity index is 2.47. The number of hydrazine groups is 1. The third-order valence-electron chi connectivity index (χ3n) is 1.72. The first-order chi connectivity index (χ1) is 7.36. The molecule has 0 atom stereocenters. The molecule has 0 amide bonds. The Kier molecular flexibility index (Phi) is 5.10. The van der Waals surface area contributed by atoms with Crippen molar-refractivity contribution in [2.45, 2.75) is 19.9 Å². The zero-order chi connectivity index (χ0) is 10.9. The van der Waals surface area contributed by atoms with Gasteiger partial charge in [0.2, 0.25) is 5.96 Å². The molecular weight excluding hydrogens is 192 g/mol. The Labute approximate surface area is 89.0 Å². The van der Waals surface area contributed by atoms with E-state index < -0.39 is 0 Å². The number of nitrogens with two attached hydrogens (primary N) is 1. The van der Waals surface area contributed by atoms with Gasteiger partial charge in [-0.2, -0.15) is 0 Å². The molecule has 82 valence electrons. The SMILES string of the molecule is CCCNC(=NCc1ccncn1)NN. The number of aromatic nitrogens is 2. The highest BCUT2D eigenvalue weighted by atomic mass is 15.3. The van der Waals surface area contributed by atoms with E-state index >= 15 is 0 Å². The van der Waals surface area contributed by atoms with Crippen molar-refractivity contribution >= 4 is 5.96 Å². The van der Waals surface area contributed by atoms with Gasteiger partial charge in [0, 0.05) is 12.7 Å². The summed E-state index contributed by atoms with van der Waals surface area (Å²) < 4.78 is 0. The average molecular weight is 208 g/mol. The first-order valence-corrected chi connectivity index (χ1v) is 4.86. The van der Waals surface area contributed by atoms with Gasteiger partial charge in [-0.25, -0.2) is 20.8 Å². The summed E-state index contributed by atoms with van der Waals surface area (Å²) in [5, 5.41) is 3.06. The molecule has 0 unspecified atom stereocenters. The number of rotatable bonds is 4. The number of guanidine groups is 1. The fourth-order valence-electron chi connectivity index (χ4n) is 0.968. The van der Waals surface area contributed by atoms with Crippen molar-refractivity contribution in [1.82, 2.24) is 20.7 Å². The summed E-state index contributed by atoms with van der Waals surface area (Å²) in [5.74, 6) is 5.88. The lowest BCUT2D eigenvalue weighted by Gasteiger charge is -2.07. The van der Waals surface area contributed by atoms with E-state index in [1.54, 1.807) is 6.20 Å². The quantitative estimate of drug-likeness (QED) is 0.276. The Morgan fingerprint density at radius 1 is 1.60 bits per heavy atom. The van der Waals surface area contributed by atoms with Crippen LogP contribution in [0.2, 0.25) is 0 Å². The summed E-state index contributed by atoms with van der Waals surface area (Å²) >= 11 is 0. The van der Waals surface area contributed by atoms with E-state index in [1.165, 1.54) is 6.33 Å². The first kappa shape index (κ1) is 11.4. The van der Waals surface area contributed by atoms with E-state index in [0.29, 0.717) is 12.5 Å². The van der Waals surface area contributed by atoms with Crippen molar-refractivity contribution in [3.05, 3.63) is 24.3 Å². The minimum absolute atomic E-state index is 0.485. The largest absolute Gasteiger partial charge is 0.355 e. The van der Waals surface area contributed by atoms with Crippen molar-refractivity contribution < 1.29 is 0 Å². The van der Waals surface area contributed by atoms with Gasteiger partial charge >= 0.3 is 0 Å². The molecule has 1 rings (SSSR count). The molecule has 1 aromatic rings. The van der Waals surface area contributed by atoms with Crippen LogP contribution in [0.1, 0.15) is 19.0 Å². The lowest BCUT2D eigenvalue weighted by atomic mass is 10.4. The maximum atomic E-state index is 5.30. The minimum atomic E-state index is 0.485. The molecule has 1 aromatic heterocycles. The highest BCUT2D eigenvalue weighted by Crippen LogP contribution is 1.92. The van der Waals surface area contributed by atoms with Gasteiger partial charge in [0.05, 0.1) is 12.2 Å². The maximum Gasteiger partial charge on any atom is 0.206 e. The van der Waals surface area contributed by atoms with Gasteiger partial charge in [-0.1, -0.05) is 6.92 Å². The molecule has 0 radical (unpaired) electrons. The molecule has 0 fully saturated rings. The monoisotopic (exact) mass is 208 g/mol. The van der Waals surface area contributed by atoms with Gasteiger partial charge < -0.3 is 5.32 Å². The molecule has 6 nitrogen and oxygen atoms in total. The fourth-order valence-corrected chi connectivity index (χ4v) is 0.968. The summed E-state index contributed by atoms with van der Waals surface area (Å²) in [6, 6.07) is 1.82. The van der Waals surface area contributed by atoms with Crippen LogP contribution in [0.25, 0.3) is 0 Å². The molecule has 0 saturated carbocycles. The van der Waals surface area contributed by atoms with Gasteiger partial charge in [0.1, 0.15) is 6.33 Å². The molecule has 6 heteroatoms. The van der Waals surface area contributed by atoms with Crippen molar-refractivity contribution in [2.75, 3.05) is 6.54 Å². The van der Waals surface area contributed by atoms with E-state index in [4.69, 9.17) is 5.84 Å². The third-order valence-corrected chi connectivity index (χ3v) is 1.72. The molecule has 1 heterocycles. The number of hydrogen-bond donors (Lipinski definition) is 3. The maximum absolute atomic E-state index is 5.30. The lowest BCUT2D eigenvalue weighted by molar-refractivity contribution is 0.787. The molecule has 0 saturated heterocycles. The van der Waals surface area contributed by atoms with Gasteiger partial charge in [0.15, 0.2) is 0 Å². The van der Waals surface area contributed by atoms with E-state index in [-0.39, 0.29) is 0 Å². The summed E-state index contributed by atoms with van der Waals surface area (Å²) in [6.45, 7) is 3.40. The second-order valence-corrected chi connectivity index (χ2v) is 2.94. The topological polar surface area (TPSA) is 88.2 Å². The third kappa shape index (κ3) is 4.37. The van der Waals surface area contributed by atoms with E-state index in [1.807, 2.05) is 6.07 Å². The standard InChI is InChI=1S/C9H16N6/c1-2-4-12-9(15-10)13-6-8-3-5-11-7-14-8/h3,5,7H,2,4,6,10H2,1H3,(H2,12,13,15). The Hall–Kier alpha value is -1.69. The van der Waals surface area contributed by atoms with Crippen molar-refractivity contribution in [2.24, 2.45) is 10.8 Å². The van der Waals surface area contributed by atoms with Gasteiger partial charge in [-0.15, -0.1) is 0 Å². The predicted octanol–water partition coefficient (Wildman–Crippen LogP) is -0.204. The molecule has 0 spiro atoms. The van der Waals surface area contributed by atoms with Gasteiger partial charge in [0.25, 0.3) is 0 Å². The predicted molar refractivity (Wildman–Crippen MR) is 58.8 cm³/mol. The van der Waals surface area contributed by atoms with E-state index in [0.717, 1.165) is 18.7 Å². The smallest absolute Gasteiger partial charge is 0.206 e. The minimum Gasteiger partial charge on any atom is -0.355 e. The number of hydrogen-bond acceptors (Lipinski definition) is 4. The Morgan fingerprint density at radius 2 is 2.47 bits per heavy atom.